The highest BCUT2D eigenvalue weighted by molar-refractivity contribution is 5.99. The van der Waals surface area contributed by atoms with E-state index >= 15 is 0 Å². The van der Waals surface area contributed by atoms with Gasteiger partial charge >= 0.3 is 0 Å². The molecular formula is C25H25N7O. The first kappa shape index (κ1) is 19.9. The molecule has 33 heavy (non-hydrogen) atoms. The topological polar surface area (TPSA) is 124 Å². The van der Waals surface area contributed by atoms with E-state index in [1.165, 1.54) is 4.52 Å². The van der Waals surface area contributed by atoms with Crippen molar-refractivity contribution in [1.82, 2.24) is 24.9 Å². The van der Waals surface area contributed by atoms with Gasteiger partial charge in [0.25, 0.3) is 5.91 Å². The molecule has 1 aromatic carbocycles. The van der Waals surface area contributed by atoms with Crippen molar-refractivity contribution in [2.75, 3.05) is 5.73 Å². The molecule has 2 fully saturated rings. The number of nitrogens with zero attached hydrogens (tertiary/aromatic N) is 4. The fourth-order valence-corrected chi connectivity index (χ4v) is 5.40. The molecule has 6 rings (SSSR count). The van der Waals surface area contributed by atoms with Crippen molar-refractivity contribution < 1.29 is 4.79 Å². The third-order valence-electron chi connectivity index (χ3n) is 6.96. The number of anilines is 1. The number of rotatable bonds is 4. The van der Waals surface area contributed by atoms with Crippen molar-refractivity contribution in [3.8, 4) is 22.4 Å². The molecule has 5 N–H and O–H groups in total. The van der Waals surface area contributed by atoms with E-state index < -0.39 is 5.91 Å². The van der Waals surface area contributed by atoms with Gasteiger partial charge in [-0.05, 0) is 31.7 Å². The Balaban J connectivity index is 1.45. The van der Waals surface area contributed by atoms with Gasteiger partial charge in [0.05, 0.1) is 17.6 Å². The molecule has 8 nitrogen and oxygen atoms in total. The Labute approximate surface area is 191 Å². The van der Waals surface area contributed by atoms with Crippen LogP contribution >= 0.6 is 0 Å². The molecule has 8 heteroatoms. The van der Waals surface area contributed by atoms with E-state index in [1.807, 2.05) is 48.7 Å². The lowest BCUT2D eigenvalue weighted by Gasteiger charge is -2.29. The van der Waals surface area contributed by atoms with Gasteiger partial charge < -0.3 is 16.8 Å². The van der Waals surface area contributed by atoms with Crippen LogP contribution in [0.2, 0.25) is 0 Å². The zero-order valence-corrected chi connectivity index (χ0v) is 18.1. The molecule has 4 aromatic rings. The van der Waals surface area contributed by atoms with Crippen LogP contribution in [0.25, 0.3) is 28.0 Å². The van der Waals surface area contributed by atoms with E-state index in [0.29, 0.717) is 29.0 Å². The highest BCUT2D eigenvalue weighted by Gasteiger charge is 2.37. The predicted molar refractivity (Wildman–Crippen MR) is 127 cm³/mol. The maximum atomic E-state index is 12.4. The Bertz CT molecular complexity index is 1330. The van der Waals surface area contributed by atoms with Gasteiger partial charge in [-0.1, -0.05) is 36.4 Å². The average molecular weight is 440 g/mol. The van der Waals surface area contributed by atoms with E-state index in [4.69, 9.17) is 16.5 Å². The molecule has 0 aliphatic carbocycles. The lowest BCUT2D eigenvalue weighted by atomic mass is 9.87. The first-order valence-corrected chi connectivity index (χ1v) is 11.3. The molecule has 166 valence electrons. The standard InChI is InChI=1S/C25H25N7O/c26-23-21(24(27)33)22(16-10-17-7-8-18(11-16)30-17)31-25-19(13-29-32(23)25)15-6-9-20(28-12-15)14-4-2-1-3-5-14/h1-6,9,12-13,16-18,30H,7-8,10-11,26H2,(H2,27,33). The number of carbonyl (C=O) groups excluding carboxylic acids is 1. The summed E-state index contributed by atoms with van der Waals surface area (Å²) < 4.78 is 1.51. The smallest absolute Gasteiger partial charge is 0.254 e. The molecule has 3 aromatic heterocycles. The number of hydrogen-bond donors (Lipinski definition) is 3. The second-order valence-corrected chi connectivity index (χ2v) is 9.02. The number of primary amides is 1. The summed E-state index contributed by atoms with van der Waals surface area (Å²) in [6.45, 7) is 0. The molecule has 1 amide bonds. The van der Waals surface area contributed by atoms with Crippen molar-refractivity contribution in [2.24, 2.45) is 5.73 Å². The second kappa shape index (κ2) is 7.67. The summed E-state index contributed by atoms with van der Waals surface area (Å²) in [6.07, 6.45) is 7.71. The number of pyridine rings is 1. The summed E-state index contributed by atoms with van der Waals surface area (Å²) in [5.74, 6) is -0.179. The quantitative estimate of drug-likeness (QED) is 0.449. The van der Waals surface area contributed by atoms with Crippen LogP contribution in [-0.2, 0) is 0 Å². The van der Waals surface area contributed by atoms with Crippen LogP contribution in [0.5, 0.6) is 0 Å². The van der Waals surface area contributed by atoms with Gasteiger partial charge in [-0.25, -0.2) is 4.98 Å². The third-order valence-corrected chi connectivity index (χ3v) is 6.96. The average Bonchev–Trinajstić information content (AvgIpc) is 3.42. The van der Waals surface area contributed by atoms with Crippen LogP contribution in [0.4, 0.5) is 5.82 Å². The molecule has 2 aliphatic rings. The molecular weight excluding hydrogens is 414 g/mol. The van der Waals surface area contributed by atoms with Crippen molar-refractivity contribution in [2.45, 2.75) is 43.7 Å². The molecule has 2 saturated heterocycles. The molecule has 0 saturated carbocycles. The van der Waals surface area contributed by atoms with E-state index in [2.05, 4.69) is 15.4 Å². The molecule has 2 bridgehead atoms. The number of carbonyl (C=O) groups is 1. The summed E-state index contributed by atoms with van der Waals surface area (Å²) in [5.41, 5.74) is 17.5. The zero-order valence-electron chi connectivity index (χ0n) is 18.1. The van der Waals surface area contributed by atoms with Crippen LogP contribution in [0.1, 0.15) is 47.7 Å². The number of hydrogen-bond acceptors (Lipinski definition) is 6. The lowest BCUT2D eigenvalue weighted by Crippen LogP contribution is -2.38. The molecule has 5 heterocycles. The maximum absolute atomic E-state index is 12.4. The van der Waals surface area contributed by atoms with Crippen molar-refractivity contribution in [1.29, 1.82) is 0 Å². The van der Waals surface area contributed by atoms with Gasteiger partial charge in [0.1, 0.15) is 11.4 Å². The summed E-state index contributed by atoms with van der Waals surface area (Å²) in [6, 6.07) is 14.9. The Morgan fingerprint density at radius 1 is 1.00 bits per heavy atom. The van der Waals surface area contributed by atoms with Crippen molar-refractivity contribution >= 4 is 17.4 Å². The number of aromatic nitrogens is 4. The summed E-state index contributed by atoms with van der Waals surface area (Å²) in [4.78, 5) is 22.0. The van der Waals surface area contributed by atoms with Gasteiger partial charge in [0.15, 0.2) is 5.65 Å². The second-order valence-electron chi connectivity index (χ2n) is 9.02. The monoisotopic (exact) mass is 439 g/mol. The highest BCUT2D eigenvalue weighted by Crippen LogP contribution is 2.39. The summed E-state index contributed by atoms with van der Waals surface area (Å²) in [7, 11) is 0. The normalized spacial score (nSPS) is 22.0. The molecule has 2 unspecified atom stereocenters. The highest BCUT2D eigenvalue weighted by atomic mass is 16.1. The molecule has 0 radical (unpaired) electrons. The fraction of sp³-hybridized carbons (Fsp3) is 0.280. The largest absolute Gasteiger partial charge is 0.383 e. The first-order valence-electron chi connectivity index (χ1n) is 11.3. The van der Waals surface area contributed by atoms with Crippen LogP contribution in [0, 0.1) is 0 Å². The molecule has 0 spiro atoms. The van der Waals surface area contributed by atoms with Crippen LogP contribution in [-0.4, -0.2) is 37.6 Å². The number of nitrogens with one attached hydrogen (secondary N) is 1. The van der Waals surface area contributed by atoms with Gasteiger partial charge in [0.2, 0.25) is 0 Å². The first-order chi connectivity index (χ1) is 16.1. The number of nitrogen functional groups attached to an aromatic ring is 1. The van der Waals surface area contributed by atoms with Crippen LogP contribution in [0.15, 0.2) is 54.9 Å². The van der Waals surface area contributed by atoms with Gasteiger partial charge in [-0.2, -0.15) is 9.61 Å². The van der Waals surface area contributed by atoms with E-state index in [-0.39, 0.29) is 11.7 Å². The fourth-order valence-electron chi connectivity index (χ4n) is 5.40. The minimum atomic E-state index is -0.561. The summed E-state index contributed by atoms with van der Waals surface area (Å²) in [5, 5.41) is 8.07. The summed E-state index contributed by atoms with van der Waals surface area (Å²) >= 11 is 0. The third kappa shape index (κ3) is 3.34. The van der Waals surface area contributed by atoms with Gasteiger partial charge in [-0.15, -0.1) is 0 Å². The van der Waals surface area contributed by atoms with E-state index in [1.54, 1.807) is 6.20 Å². The predicted octanol–water partition coefficient (Wildman–Crippen LogP) is 3.14. The maximum Gasteiger partial charge on any atom is 0.254 e. The number of fused-ring (bicyclic) bond motifs is 3. The van der Waals surface area contributed by atoms with Gasteiger partial charge in [-0.3, -0.25) is 9.78 Å². The van der Waals surface area contributed by atoms with Gasteiger partial charge in [0, 0.05) is 40.9 Å². The minimum absolute atomic E-state index is 0.139. The Hall–Kier alpha value is -3.78. The van der Waals surface area contributed by atoms with E-state index in [9.17, 15) is 4.79 Å². The number of piperidine rings is 1. The van der Waals surface area contributed by atoms with Crippen molar-refractivity contribution in [3.05, 3.63) is 66.1 Å². The number of amides is 1. The molecule has 2 atom stereocenters. The number of benzene rings is 1. The zero-order chi connectivity index (χ0) is 22.5. The minimum Gasteiger partial charge on any atom is -0.383 e. The van der Waals surface area contributed by atoms with Crippen LogP contribution < -0.4 is 16.8 Å². The Morgan fingerprint density at radius 3 is 2.42 bits per heavy atom. The SMILES string of the molecule is NC(=O)c1c(C2CC3CCC(C2)N3)nc2c(-c3ccc(-c4ccccc4)nc3)cnn2c1N. The Morgan fingerprint density at radius 2 is 1.76 bits per heavy atom. The lowest BCUT2D eigenvalue weighted by molar-refractivity contribution is 0.0998. The number of nitrogens with two attached hydrogens (primary N) is 2. The Kier molecular flexibility index (Phi) is 4.62. The van der Waals surface area contributed by atoms with E-state index in [0.717, 1.165) is 48.1 Å². The molecule has 2 aliphatic heterocycles. The van der Waals surface area contributed by atoms with Crippen molar-refractivity contribution in [3.63, 3.8) is 0 Å². The van der Waals surface area contributed by atoms with Crippen LogP contribution in [0.3, 0.4) is 0 Å².